The molecular formula is C40H49N5O4. The van der Waals surface area contributed by atoms with Crippen molar-refractivity contribution in [2.75, 3.05) is 39.4 Å². The van der Waals surface area contributed by atoms with Crippen molar-refractivity contribution in [3.05, 3.63) is 114 Å². The molecule has 2 saturated heterocycles. The van der Waals surface area contributed by atoms with E-state index in [0.29, 0.717) is 38.5 Å². The normalized spacial score (nSPS) is 17.5. The van der Waals surface area contributed by atoms with Gasteiger partial charge in [0.2, 0.25) is 0 Å². The zero-order valence-electron chi connectivity index (χ0n) is 29.0. The molecule has 49 heavy (non-hydrogen) atoms. The smallest absolute Gasteiger partial charge is 0.410 e. The molecular weight excluding hydrogens is 614 g/mol. The Hall–Kier alpha value is -4.47. The number of nitrogens with zero attached hydrogens (tertiary/aromatic N) is 5. The standard InChI is InChI=1S/C40H49N5O4/c1-40(2,3)49-39(47)45(34-19-25-48-26-20-34)24-22-43-30-41-36(37(43)33-17-11-6-12-18-33)38(46)44-23-21-42(28-32-15-9-5-10-16-32)29-35(44)27-31-13-7-4-8-14-31/h4-18,30,34-35H,19-29H2,1-3H3/t35-/m1/s1. The first kappa shape index (κ1) is 34.4. The van der Waals surface area contributed by atoms with Crippen LogP contribution in [0.15, 0.2) is 97.3 Å². The summed E-state index contributed by atoms with van der Waals surface area (Å²) in [7, 11) is 0. The highest BCUT2D eigenvalue weighted by Crippen LogP contribution is 2.28. The Morgan fingerprint density at radius 1 is 0.878 bits per heavy atom. The van der Waals surface area contributed by atoms with Crippen LogP contribution in [0.3, 0.4) is 0 Å². The van der Waals surface area contributed by atoms with Crippen LogP contribution in [0.25, 0.3) is 11.3 Å². The Labute approximate surface area is 290 Å². The van der Waals surface area contributed by atoms with Gasteiger partial charge in [0, 0.05) is 70.1 Å². The predicted molar refractivity (Wildman–Crippen MR) is 191 cm³/mol. The summed E-state index contributed by atoms with van der Waals surface area (Å²) in [6.45, 7) is 10.8. The van der Waals surface area contributed by atoms with Crippen LogP contribution < -0.4 is 0 Å². The molecule has 3 aromatic carbocycles. The Morgan fingerprint density at radius 3 is 2.16 bits per heavy atom. The van der Waals surface area contributed by atoms with Crippen molar-refractivity contribution in [2.24, 2.45) is 0 Å². The van der Waals surface area contributed by atoms with Crippen LogP contribution in [0.1, 0.15) is 55.2 Å². The Bertz CT molecular complexity index is 1650. The maximum absolute atomic E-state index is 14.7. The third kappa shape index (κ3) is 8.96. The monoisotopic (exact) mass is 663 g/mol. The maximum atomic E-state index is 14.7. The molecule has 9 heteroatoms. The van der Waals surface area contributed by atoms with Crippen molar-refractivity contribution in [1.82, 2.24) is 24.3 Å². The number of hydrogen-bond donors (Lipinski definition) is 0. The molecule has 6 rings (SSSR count). The van der Waals surface area contributed by atoms with Crippen molar-refractivity contribution in [2.45, 2.75) is 70.8 Å². The van der Waals surface area contributed by atoms with E-state index in [9.17, 15) is 9.59 Å². The minimum absolute atomic E-state index is 0.0164. The zero-order valence-corrected chi connectivity index (χ0v) is 29.0. The molecule has 4 aromatic rings. The van der Waals surface area contributed by atoms with Crippen molar-refractivity contribution >= 4 is 12.0 Å². The van der Waals surface area contributed by atoms with E-state index in [1.807, 2.05) is 77.6 Å². The number of aromatic nitrogens is 2. The minimum Gasteiger partial charge on any atom is -0.444 e. The van der Waals surface area contributed by atoms with Crippen molar-refractivity contribution in [1.29, 1.82) is 0 Å². The number of benzene rings is 3. The van der Waals surface area contributed by atoms with E-state index < -0.39 is 5.60 Å². The highest BCUT2D eigenvalue weighted by Gasteiger charge is 2.35. The van der Waals surface area contributed by atoms with Gasteiger partial charge in [-0.2, -0.15) is 0 Å². The molecule has 3 heterocycles. The van der Waals surface area contributed by atoms with E-state index >= 15 is 0 Å². The van der Waals surface area contributed by atoms with E-state index in [1.54, 1.807) is 6.33 Å². The lowest BCUT2D eigenvalue weighted by Gasteiger charge is -2.41. The van der Waals surface area contributed by atoms with Gasteiger partial charge in [-0.3, -0.25) is 9.69 Å². The molecule has 2 fully saturated rings. The molecule has 2 amide bonds. The van der Waals surface area contributed by atoms with Gasteiger partial charge < -0.3 is 23.8 Å². The van der Waals surface area contributed by atoms with Crippen LogP contribution >= 0.6 is 0 Å². The van der Waals surface area contributed by atoms with Gasteiger partial charge in [-0.05, 0) is 51.2 Å². The molecule has 1 aromatic heterocycles. The van der Waals surface area contributed by atoms with Gasteiger partial charge in [0.1, 0.15) is 5.60 Å². The molecule has 9 nitrogen and oxygen atoms in total. The van der Waals surface area contributed by atoms with Crippen LogP contribution in [-0.2, 0) is 29.0 Å². The Morgan fingerprint density at radius 2 is 1.51 bits per heavy atom. The number of rotatable bonds is 10. The number of carbonyl (C=O) groups is 2. The molecule has 0 unspecified atom stereocenters. The summed E-state index contributed by atoms with van der Waals surface area (Å²) in [5.41, 5.74) is 4.00. The fourth-order valence-corrected chi connectivity index (χ4v) is 6.93. The minimum atomic E-state index is -0.605. The van der Waals surface area contributed by atoms with Crippen molar-refractivity contribution in [3.63, 3.8) is 0 Å². The molecule has 0 aliphatic carbocycles. The van der Waals surface area contributed by atoms with Crippen molar-refractivity contribution in [3.8, 4) is 11.3 Å². The fraction of sp³-hybridized carbons (Fsp3) is 0.425. The second-order valence-corrected chi connectivity index (χ2v) is 14.1. The number of piperazine rings is 1. The Balaban J connectivity index is 1.27. The molecule has 0 saturated carbocycles. The predicted octanol–water partition coefficient (Wildman–Crippen LogP) is 6.54. The van der Waals surface area contributed by atoms with E-state index in [0.717, 1.165) is 50.2 Å². The van der Waals surface area contributed by atoms with Gasteiger partial charge in [0.25, 0.3) is 5.91 Å². The van der Waals surface area contributed by atoms with Crippen LogP contribution in [0.4, 0.5) is 4.79 Å². The quantitative estimate of drug-likeness (QED) is 0.192. The SMILES string of the molecule is CC(C)(C)OC(=O)N(CCn1cnc(C(=O)N2CCN(Cc3ccccc3)C[C@H]2Cc2ccccc2)c1-c1ccccc1)C1CCOCC1. The summed E-state index contributed by atoms with van der Waals surface area (Å²) >= 11 is 0. The summed E-state index contributed by atoms with van der Waals surface area (Å²) in [6.07, 6.45) is 3.71. The van der Waals surface area contributed by atoms with E-state index in [2.05, 4.69) is 53.4 Å². The van der Waals surface area contributed by atoms with Crippen LogP contribution in [0.2, 0.25) is 0 Å². The largest absolute Gasteiger partial charge is 0.444 e. The van der Waals surface area contributed by atoms with Crippen LogP contribution in [0, 0.1) is 0 Å². The molecule has 2 aliphatic rings. The summed E-state index contributed by atoms with van der Waals surface area (Å²) < 4.78 is 13.5. The van der Waals surface area contributed by atoms with Gasteiger partial charge >= 0.3 is 6.09 Å². The number of hydrogen-bond acceptors (Lipinski definition) is 6. The molecule has 2 aliphatic heterocycles. The molecule has 0 N–H and O–H groups in total. The van der Waals surface area contributed by atoms with Gasteiger partial charge in [-0.1, -0.05) is 91.0 Å². The van der Waals surface area contributed by atoms with Crippen LogP contribution in [0.5, 0.6) is 0 Å². The van der Waals surface area contributed by atoms with Crippen LogP contribution in [-0.4, -0.2) is 93.3 Å². The molecule has 1 atom stereocenters. The lowest BCUT2D eigenvalue weighted by molar-refractivity contribution is -0.00642. The van der Waals surface area contributed by atoms with Crippen molar-refractivity contribution < 1.29 is 19.1 Å². The highest BCUT2D eigenvalue weighted by molar-refractivity contribution is 5.98. The number of imidazole rings is 1. The van der Waals surface area contributed by atoms with Gasteiger partial charge in [0.15, 0.2) is 5.69 Å². The lowest BCUT2D eigenvalue weighted by Crippen LogP contribution is -2.55. The average Bonchev–Trinajstić information content (AvgIpc) is 3.53. The van der Waals surface area contributed by atoms with E-state index in [-0.39, 0.29) is 24.1 Å². The van der Waals surface area contributed by atoms with E-state index in [1.165, 1.54) is 11.1 Å². The average molecular weight is 664 g/mol. The topological polar surface area (TPSA) is 80.1 Å². The summed E-state index contributed by atoms with van der Waals surface area (Å²) in [6, 6.07) is 30.9. The first-order valence-electron chi connectivity index (χ1n) is 17.5. The third-order valence-corrected chi connectivity index (χ3v) is 9.32. The molecule has 0 radical (unpaired) electrons. The Kier molecular flexibility index (Phi) is 11.1. The summed E-state index contributed by atoms with van der Waals surface area (Å²) in [5, 5.41) is 0. The summed E-state index contributed by atoms with van der Waals surface area (Å²) in [4.78, 5) is 39.2. The number of amides is 2. The van der Waals surface area contributed by atoms with Gasteiger partial charge in [-0.15, -0.1) is 0 Å². The number of ether oxygens (including phenoxy) is 2. The highest BCUT2D eigenvalue weighted by atomic mass is 16.6. The maximum Gasteiger partial charge on any atom is 0.410 e. The molecule has 258 valence electrons. The summed E-state index contributed by atoms with van der Waals surface area (Å²) in [5.74, 6) is -0.0636. The zero-order chi connectivity index (χ0) is 34.2. The molecule has 0 bridgehead atoms. The van der Waals surface area contributed by atoms with E-state index in [4.69, 9.17) is 14.5 Å². The second kappa shape index (κ2) is 15.8. The molecule has 0 spiro atoms. The first-order valence-corrected chi connectivity index (χ1v) is 17.5. The van der Waals surface area contributed by atoms with Gasteiger partial charge in [-0.25, -0.2) is 9.78 Å². The fourth-order valence-electron chi connectivity index (χ4n) is 6.93. The second-order valence-electron chi connectivity index (χ2n) is 14.1. The third-order valence-electron chi connectivity index (χ3n) is 9.32. The number of carbonyl (C=O) groups excluding carboxylic acids is 2. The lowest BCUT2D eigenvalue weighted by atomic mass is 10.0. The van der Waals surface area contributed by atoms with Gasteiger partial charge in [0.05, 0.1) is 12.0 Å². The first-order chi connectivity index (χ1) is 23.7.